The Morgan fingerprint density at radius 3 is 2.09 bits per heavy atom. The maximum Gasteiger partial charge on any atom is 0.325 e. The number of unbranched alkanes of at least 4 members (excludes halogenated alkanes) is 5. The number of hydrogen-bond acceptors (Lipinski definition) is 2. The van der Waals surface area contributed by atoms with Crippen molar-refractivity contribution in [1.29, 1.82) is 0 Å². The number of benzene rings is 2. The Morgan fingerprint density at radius 2 is 1.44 bits per heavy atom. The third-order valence-electron chi connectivity index (χ3n) is 6.37. The number of aryl methyl sites for hydroxylation is 2. The molecule has 0 heterocycles. The van der Waals surface area contributed by atoms with Crippen LogP contribution in [0.15, 0.2) is 36.4 Å². The fourth-order valence-electron chi connectivity index (χ4n) is 4.30. The van der Waals surface area contributed by atoms with E-state index in [0.29, 0.717) is 13.0 Å². The van der Waals surface area contributed by atoms with Gasteiger partial charge in [0.2, 0.25) is 0 Å². The van der Waals surface area contributed by atoms with Crippen LogP contribution in [0.5, 0.6) is 0 Å². The van der Waals surface area contributed by atoms with E-state index >= 15 is 0 Å². The maximum absolute atomic E-state index is 13.9. The van der Waals surface area contributed by atoms with Crippen LogP contribution in [0.2, 0.25) is 0 Å². The van der Waals surface area contributed by atoms with Gasteiger partial charge in [-0.25, -0.2) is 8.78 Å². The summed E-state index contributed by atoms with van der Waals surface area (Å²) in [6.07, 6.45) is 8.66. The Balaban J connectivity index is 1.72. The molecule has 0 aromatic heterocycles. The molecule has 2 rings (SSSR count). The van der Waals surface area contributed by atoms with Gasteiger partial charge in [0.05, 0.1) is 6.16 Å². The highest BCUT2D eigenvalue weighted by Crippen LogP contribution is 2.34. The minimum absolute atomic E-state index is 0.0627. The summed E-state index contributed by atoms with van der Waals surface area (Å²) in [5.74, 6) is -0.949. The van der Waals surface area contributed by atoms with E-state index in [0.717, 1.165) is 69.5 Å². The van der Waals surface area contributed by atoms with Crippen LogP contribution in [-0.2, 0) is 11.0 Å². The highest BCUT2D eigenvalue weighted by atomic mass is 31.2. The van der Waals surface area contributed by atoms with Gasteiger partial charge in [-0.15, -0.1) is 0 Å². The molecule has 0 bridgehead atoms. The average Bonchev–Trinajstić information content (AvgIpc) is 2.74. The van der Waals surface area contributed by atoms with Gasteiger partial charge in [-0.3, -0.25) is 4.57 Å². The van der Waals surface area contributed by atoms with Gasteiger partial charge in [-0.1, -0.05) is 50.3 Å². The topological polar surface area (TPSA) is 69.6 Å². The zero-order valence-corrected chi connectivity index (χ0v) is 21.4. The molecule has 0 aliphatic rings. The maximum atomic E-state index is 13.9. The molecular formula is C27H40F2NO3P. The van der Waals surface area contributed by atoms with Crippen molar-refractivity contribution in [2.24, 2.45) is 0 Å². The van der Waals surface area contributed by atoms with Crippen LogP contribution in [0.3, 0.4) is 0 Å². The lowest BCUT2D eigenvalue weighted by molar-refractivity contribution is 0.371. The molecule has 0 radical (unpaired) electrons. The SMILES string of the molecule is Cc1ccc(CC(CCCCCCCCNCCCP(=O)(O)O)c2cc(F)cc(F)c2)cc1C. The molecule has 2 aromatic rings. The molecule has 7 heteroatoms. The summed E-state index contributed by atoms with van der Waals surface area (Å²) < 4.78 is 38.5. The van der Waals surface area contributed by atoms with Crippen molar-refractivity contribution in [2.75, 3.05) is 19.3 Å². The molecule has 0 aliphatic carbocycles. The van der Waals surface area contributed by atoms with Gasteiger partial charge in [0, 0.05) is 6.07 Å². The fourth-order valence-corrected chi connectivity index (χ4v) is 4.87. The standard InChI is InChI=1S/C27H40F2NO3P/c1-21-11-12-23(16-22(21)2)17-24(25-18-26(28)20-27(29)19-25)10-7-5-3-4-6-8-13-30-14-9-15-34(31,32)33/h11-12,16,18-20,24,30H,3-10,13-15,17H2,1-2H3,(H2,31,32,33). The summed E-state index contributed by atoms with van der Waals surface area (Å²) in [5.41, 5.74) is 4.41. The van der Waals surface area contributed by atoms with Crippen molar-refractivity contribution in [3.63, 3.8) is 0 Å². The van der Waals surface area contributed by atoms with E-state index in [-0.39, 0.29) is 12.1 Å². The first kappa shape index (κ1) is 28.6. The Kier molecular flexibility index (Phi) is 12.4. The summed E-state index contributed by atoms with van der Waals surface area (Å²) in [7, 11) is -3.88. The van der Waals surface area contributed by atoms with Crippen molar-refractivity contribution < 1.29 is 23.1 Å². The number of nitrogens with one attached hydrogen (secondary N) is 1. The molecule has 4 nitrogen and oxygen atoms in total. The van der Waals surface area contributed by atoms with E-state index in [1.54, 1.807) is 0 Å². The Hall–Kier alpha value is -1.59. The Morgan fingerprint density at radius 1 is 0.824 bits per heavy atom. The summed E-state index contributed by atoms with van der Waals surface area (Å²) in [4.78, 5) is 17.7. The second-order valence-electron chi connectivity index (χ2n) is 9.42. The largest absolute Gasteiger partial charge is 0.325 e. The monoisotopic (exact) mass is 495 g/mol. The van der Waals surface area contributed by atoms with E-state index in [1.165, 1.54) is 28.8 Å². The van der Waals surface area contributed by atoms with Crippen LogP contribution in [-0.4, -0.2) is 29.0 Å². The van der Waals surface area contributed by atoms with Crippen molar-refractivity contribution in [1.82, 2.24) is 5.32 Å². The lowest BCUT2D eigenvalue weighted by Crippen LogP contribution is -2.17. The smallest absolute Gasteiger partial charge is 0.324 e. The van der Waals surface area contributed by atoms with Crippen molar-refractivity contribution >= 4 is 7.60 Å². The predicted octanol–water partition coefficient (Wildman–Crippen LogP) is 6.80. The molecule has 34 heavy (non-hydrogen) atoms. The first-order valence-corrected chi connectivity index (χ1v) is 14.2. The zero-order valence-electron chi connectivity index (χ0n) is 20.5. The average molecular weight is 496 g/mol. The van der Waals surface area contributed by atoms with Gasteiger partial charge < -0.3 is 15.1 Å². The third kappa shape index (κ3) is 11.7. The van der Waals surface area contributed by atoms with Gasteiger partial charge >= 0.3 is 7.60 Å². The van der Waals surface area contributed by atoms with Crippen LogP contribution >= 0.6 is 7.60 Å². The van der Waals surface area contributed by atoms with E-state index < -0.39 is 19.2 Å². The van der Waals surface area contributed by atoms with E-state index in [4.69, 9.17) is 9.79 Å². The van der Waals surface area contributed by atoms with Gasteiger partial charge in [0.1, 0.15) is 11.6 Å². The molecule has 0 fully saturated rings. The number of hydrogen-bond donors (Lipinski definition) is 3. The highest BCUT2D eigenvalue weighted by molar-refractivity contribution is 7.51. The highest BCUT2D eigenvalue weighted by Gasteiger charge is 2.15. The van der Waals surface area contributed by atoms with Crippen molar-refractivity contribution in [3.8, 4) is 0 Å². The van der Waals surface area contributed by atoms with Gasteiger partial charge in [-0.05, 0) is 92.9 Å². The molecule has 1 atom stereocenters. The summed E-state index contributed by atoms with van der Waals surface area (Å²) in [5, 5.41) is 3.23. The molecular weight excluding hydrogens is 455 g/mol. The van der Waals surface area contributed by atoms with Crippen molar-refractivity contribution in [3.05, 3.63) is 70.3 Å². The number of rotatable bonds is 16. The molecule has 0 amide bonds. The first-order chi connectivity index (χ1) is 16.1. The lowest BCUT2D eigenvalue weighted by Gasteiger charge is -2.19. The van der Waals surface area contributed by atoms with Crippen LogP contribution in [0, 0.1) is 25.5 Å². The molecule has 1 unspecified atom stereocenters. The summed E-state index contributed by atoms with van der Waals surface area (Å²) in [6.45, 7) is 5.67. The quantitative estimate of drug-likeness (QED) is 0.177. The first-order valence-electron chi connectivity index (χ1n) is 12.4. The van der Waals surface area contributed by atoms with Crippen molar-refractivity contribution in [2.45, 2.75) is 77.6 Å². The fraction of sp³-hybridized carbons (Fsp3) is 0.556. The lowest BCUT2D eigenvalue weighted by atomic mass is 9.86. The van der Waals surface area contributed by atoms with Crippen LogP contribution in [0.1, 0.15) is 79.5 Å². The minimum Gasteiger partial charge on any atom is -0.324 e. The van der Waals surface area contributed by atoms with Crippen LogP contribution < -0.4 is 5.32 Å². The molecule has 190 valence electrons. The van der Waals surface area contributed by atoms with E-state index in [9.17, 15) is 13.3 Å². The zero-order chi connectivity index (χ0) is 25.0. The predicted molar refractivity (Wildman–Crippen MR) is 135 cm³/mol. The third-order valence-corrected chi connectivity index (χ3v) is 7.27. The molecule has 3 N–H and O–H groups in total. The van der Waals surface area contributed by atoms with Gasteiger partial charge in [0.25, 0.3) is 0 Å². The second-order valence-corrected chi connectivity index (χ2v) is 11.2. The molecule has 0 saturated heterocycles. The van der Waals surface area contributed by atoms with E-state index in [2.05, 4.69) is 37.4 Å². The van der Waals surface area contributed by atoms with Gasteiger partial charge in [0.15, 0.2) is 0 Å². The van der Waals surface area contributed by atoms with Crippen LogP contribution in [0.4, 0.5) is 8.78 Å². The van der Waals surface area contributed by atoms with Gasteiger partial charge in [-0.2, -0.15) is 0 Å². The Bertz CT molecular complexity index is 912. The summed E-state index contributed by atoms with van der Waals surface area (Å²) in [6, 6.07) is 10.3. The summed E-state index contributed by atoms with van der Waals surface area (Å²) >= 11 is 0. The molecule has 2 aromatic carbocycles. The number of halogens is 2. The molecule has 0 saturated carbocycles. The Labute approximate surface area is 203 Å². The van der Waals surface area contributed by atoms with E-state index in [1.807, 2.05) is 0 Å². The normalized spacial score (nSPS) is 12.8. The molecule has 0 aliphatic heterocycles. The van der Waals surface area contributed by atoms with Crippen LogP contribution in [0.25, 0.3) is 0 Å². The second kappa shape index (κ2) is 14.7. The minimum atomic E-state index is -3.88. The molecule has 0 spiro atoms.